The molecule has 4 rings (SSSR count). The molecule has 1 aliphatic carbocycles. The van der Waals surface area contributed by atoms with Crippen molar-refractivity contribution in [1.29, 1.82) is 0 Å². The van der Waals surface area contributed by atoms with E-state index in [-0.39, 0.29) is 11.9 Å². The number of fused-ring (bicyclic) bond motifs is 2. The lowest BCUT2D eigenvalue weighted by atomic mass is 9.83. The third-order valence-electron chi connectivity index (χ3n) is 6.44. The fourth-order valence-corrected chi connectivity index (χ4v) is 5.01. The van der Waals surface area contributed by atoms with Gasteiger partial charge in [-0.25, -0.2) is 4.79 Å². The van der Waals surface area contributed by atoms with E-state index in [1.807, 2.05) is 45.0 Å². The number of hydrogen-bond donors (Lipinski definition) is 1. The zero-order valence-corrected chi connectivity index (χ0v) is 19.8. The van der Waals surface area contributed by atoms with Gasteiger partial charge in [-0.1, -0.05) is 42.0 Å². The maximum absolute atomic E-state index is 13.6. The number of carbonyl (C=O) groups excluding carboxylic acids is 2. The largest absolute Gasteiger partial charge is 0.444 e. The summed E-state index contributed by atoms with van der Waals surface area (Å²) >= 11 is 0. The van der Waals surface area contributed by atoms with E-state index in [0.29, 0.717) is 13.0 Å². The van der Waals surface area contributed by atoms with Gasteiger partial charge in [-0.2, -0.15) is 0 Å². The van der Waals surface area contributed by atoms with Crippen LogP contribution in [-0.2, 0) is 28.9 Å². The molecule has 2 aromatic rings. The fraction of sp³-hybridized carbons (Fsp3) is 0.481. The summed E-state index contributed by atoms with van der Waals surface area (Å²) in [6.07, 6.45) is 3.06. The number of rotatable bonds is 2. The van der Waals surface area contributed by atoms with Crippen LogP contribution in [0.4, 0.5) is 4.79 Å². The summed E-state index contributed by atoms with van der Waals surface area (Å²) < 4.78 is 5.66. The van der Waals surface area contributed by atoms with Crippen molar-refractivity contribution in [2.24, 2.45) is 0 Å². The van der Waals surface area contributed by atoms with Gasteiger partial charge in [0.25, 0.3) is 0 Å². The molecule has 2 aromatic carbocycles. The Bertz CT molecular complexity index is 1040. The number of amides is 2. The number of ether oxygens (including phenoxy) is 1. The molecular formula is C27H34N2O3. The van der Waals surface area contributed by atoms with Crippen molar-refractivity contribution >= 4 is 12.0 Å². The molecule has 2 atom stereocenters. The maximum Gasteiger partial charge on any atom is 0.411 e. The van der Waals surface area contributed by atoms with Crippen molar-refractivity contribution in [1.82, 2.24) is 10.2 Å². The fourth-order valence-electron chi connectivity index (χ4n) is 5.01. The molecule has 32 heavy (non-hydrogen) atoms. The molecule has 1 aliphatic heterocycles. The summed E-state index contributed by atoms with van der Waals surface area (Å²) in [5, 5.41) is 3.29. The molecule has 170 valence electrons. The summed E-state index contributed by atoms with van der Waals surface area (Å²) in [4.78, 5) is 28.2. The van der Waals surface area contributed by atoms with Crippen LogP contribution in [0.5, 0.6) is 0 Å². The normalized spacial score (nSPS) is 20.2. The number of nitrogens with one attached hydrogen (secondary N) is 1. The van der Waals surface area contributed by atoms with E-state index in [0.717, 1.165) is 30.4 Å². The monoisotopic (exact) mass is 434 g/mol. The van der Waals surface area contributed by atoms with Gasteiger partial charge in [0.15, 0.2) is 0 Å². The molecule has 0 spiro atoms. The van der Waals surface area contributed by atoms with Gasteiger partial charge < -0.3 is 10.1 Å². The first kappa shape index (κ1) is 22.4. The first-order valence-electron chi connectivity index (χ1n) is 11.6. The molecule has 2 amide bonds. The quantitative estimate of drug-likeness (QED) is 0.710. The minimum absolute atomic E-state index is 0.0255. The van der Waals surface area contributed by atoms with E-state index in [1.54, 1.807) is 4.90 Å². The molecule has 0 saturated heterocycles. The van der Waals surface area contributed by atoms with E-state index in [1.165, 1.54) is 22.3 Å². The number of carbonyl (C=O) groups is 2. The number of nitrogens with zero attached hydrogens (tertiary/aromatic N) is 1. The Morgan fingerprint density at radius 3 is 2.53 bits per heavy atom. The second-order valence-electron chi connectivity index (χ2n) is 10.2. The number of hydrogen-bond acceptors (Lipinski definition) is 3. The maximum atomic E-state index is 13.6. The first-order chi connectivity index (χ1) is 15.1. The summed E-state index contributed by atoms with van der Waals surface area (Å²) in [5.74, 6) is -0.109. The predicted molar refractivity (Wildman–Crippen MR) is 125 cm³/mol. The molecule has 0 radical (unpaired) electrons. The molecule has 0 aromatic heterocycles. The van der Waals surface area contributed by atoms with E-state index >= 15 is 0 Å². The van der Waals surface area contributed by atoms with Crippen molar-refractivity contribution in [3.63, 3.8) is 0 Å². The van der Waals surface area contributed by atoms with Crippen LogP contribution in [-0.4, -0.2) is 28.5 Å². The van der Waals surface area contributed by atoms with E-state index < -0.39 is 17.7 Å². The van der Waals surface area contributed by atoms with Crippen molar-refractivity contribution in [2.45, 2.75) is 84.5 Å². The lowest BCUT2D eigenvalue weighted by molar-refractivity contribution is -0.128. The van der Waals surface area contributed by atoms with Crippen molar-refractivity contribution in [2.75, 3.05) is 0 Å². The van der Waals surface area contributed by atoms with Gasteiger partial charge in [-0.05, 0) is 81.7 Å². The molecule has 0 saturated carbocycles. The minimum atomic E-state index is -0.619. The molecular weight excluding hydrogens is 400 g/mol. The predicted octanol–water partition coefficient (Wildman–Crippen LogP) is 5.16. The highest BCUT2D eigenvalue weighted by Crippen LogP contribution is 2.33. The highest BCUT2D eigenvalue weighted by atomic mass is 16.6. The van der Waals surface area contributed by atoms with Crippen LogP contribution >= 0.6 is 0 Å². The molecule has 1 N–H and O–H groups in total. The van der Waals surface area contributed by atoms with Gasteiger partial charge in [0.2, 0.25) is 5.91 Å². The van der Waals surface area contributed by atoms with Gasteiger partial charge >= 0.3 is 6.09 Å². The first-order valence-corrected chi connectivity index (χ1v) is 11.6. The van der Waals surface area contributed by atoms with E-state index in [4.69, 9.17) is 4.74 Å². The van der Waals surface area contributed by atoms with Crippen LogP contribution in [0, 0.1) is 13.8 Å². The summed E-state index contributed by atoms with van der Waals surface area (Å²) in [6, 6.07) is 11.8. The van der Waals surface area contributed by atoms with Crippen molar-refractivity contribution < 1.29 is 14.3 Å². The lowest BCUT2D eigenvalue weighted by Gasteiger charge is -2.38. The molecule has 2 unspecified atom stereocenters. The van der Waals surface area contributed by atoms with Crippen molar-refractivity contribution in [3.8, 4) is 0 Å². The Hall–Kier alpha value is -2.82. The van der Waals surface area contributed by atoms with Crippen LogP contribution in [0.15, 0.2) is 36.4 Å². The van der Waals surface area contributed by atoms with Gasteiger partial charge in [-0.3, -0.25) is 9.69 Å². The van der Waals surface area contributed by atoms with E-state index in [2.05, 4.69) is 31.3 Å². The smallest absolute Gasteiger partial charge is 0.411 e. The van der Waals surface area contributed by atoms with Gasteiger partial charge in [0.1, 0.15) is 11.6 Å². The third kappa shape index (κ3) is 4.67. The average molecular weight is 435 g/mol. The van der Waals surface area contributed by atoms with Crippen LogP contribution in [0.25, 0.3) is 0 Å². The Morgan fingerprint density at radius 2 is 1.81 bits per heavy atom. The molecule has 2 aliphatic rings. The summed E-state index contributed by atoms with van der Waals surface area (Å²) in [7, 11) is 0. The Balaban J connectivity index is 1.61. The topological polar surface area (TPSA) is 58.6 Å². The van der Waals surface area contributed by atoms with Crippen molar-refractivity contribution in [3.05, 3.63) is 69.8 Å². The Kier molecular flexibility index (Phi) is 6.02. The Morgan fingerprint density at radius 1 is 1.09 bits per heavy atom. The molecule has 1 heterocycles. The standard InChI is InChI=1S/C27H34N2O3/c1-17-13-18(2)21-11-8-12-23(22(21)14-17)28-25(30)24-15-19-9-6-7-10-20(19)16-29(24)26(31)32-27(3,4)5/h6-7,9-10,13-14,23-24H,8,11-12,15-16H2,1-5H3,(H,28,30). The summed E-state index contributed by atoms with van der Waals surface area (Å²) in [5.41, 5.74) is 6.64. The zero-order chi connectivity index (χ0) is 23.0. The lowest BCUT2D eigenvalue weighted by Crippen LogP contribution is -2.54. The molecule has 0 bridgehead atoms. The second-order valence-corrected chi connectivity index (χ2v) is 10.2. The van der Waals surface area contributed by atoms with Gasteiger partial charge in [-0.15, -0.1) is 0 Å². The SMILES string of the molecule is Cc1cc(C)c2c(c1)C(NC(=O)C1Cc3ccccc3CN1C(=O)OC(C)(C)C)CCC2. The Labute approximate surface area is 191 Å². The molecule has 0 fully saturated rings. The summed E-state index contributed by atoms with van der Waals surface area (Å²) in [6.45, 7) is 10.2. The van der Waals surface area contributed by atoms with E-state index in [9.17, 15) is 9.59 Å². The highest BCUT2D eigenvalue weighted by molar-refractivity contribution is 5.87. The molecule has 5 nitrogen and oxygen atoms in total. The number of benzene rings is 2. The van der Waals surface area contributed by atoms with Crippen LogP contribution < -0.4 is 5.32 Å². The second kappa shape index (κ2) is 8.61. The third-order valence-corrected chi connectivity index (χ3v) is 6.44. The van der Waals surface area contributed by atoms with Crippen LogP contribution in [0.1, 0.15) is 73.0 Å². The van der Waals surface area contributed by atoms with Gasteiger partial charge in [0.05, 0.1) is 12.6 Å². The minimum Gasteiger partial charge on any atom is -0.444 e. The van der Waals surface area contributed by atoms with Crippen LogP contribution in [0.2, 0.25) is 0 Å². The average Bonchev–Trinajstić information content (AvgIpc) is 2.72. The van der Waals surface area contributed by atoms with Crippen LogP contribution in [0.3, 0.4) is 0 Å². The van der Waals surface area contributed by atoms with Gasteiger partial charge in [0, 0.05) is 6.42 Å². The number of aryl methyl sites for hydroxylation is 2. The highest BCUT2D eigenvalue weighted by Gasteiger charge is 2.38. The zero-order valence-electron chi connectivity index (χ0n) is 19.8. The molecule has 5 heteroatoms.